The van der Waals surface area contributed by atoms with Crippen LogP contribution in [0.5, 0.6) is 5.75 Å². The Kier molecular flexibility index (Phi) is 4.52. The number of halogens is 3. The van der Waals surface area contributed by atoms with Crippen LogP contribution in [0.4, 0.5) is 24.7 Å². The average molecular weight is 351 g/mol. The minimum atomic E-state index is -4.77. The van der Waals surface area contributed by atoms with E-state index in [1.54, 1.807) is 12.1 Å². The van der Waals surface area contributed by atoms with Crippen LogP contribution in [-0.4, -0.2) is 29.8 Å². The lowest BCUT2D eigenvalue weighted by Gasteiger charge is -2.19. The Morgan fingerprint density at radius 3 is 2.72 bits per heavy atom. The van der Waals surface area contributed by atoms with E-state index in [0.29, 0.717) is 24.5 Å². The highest BCUT2D eigenvalue weighted by molar-refractivity contribution is 6.01. The molecule has 1 aromatic heterocycles. The number of nitrogens with one attached hydrogen (secondary N) is 1. The van der Waals surface area contributed by atoms with E-state index < -0.39 is 12.4 Å². The summed E-state index contributed by atoms with van der Waals surface area (Å²) in [5.41, 5.74) is 1.19. The van der Waals surface area contributed by atoms with Crippen molar-refractivity contribution in [2.45, 2.75) is 25.7 Å². The van der Waals surface area contributed by atoms with E-state index in [2.05, 4.69) is 15.0 Å². The standard InChI is InChI=1S/C17H16F3N3O2/c1-11-4-2-7-15(21-11)22-14-8-9-23(16(14)24)12-5-3-6-13(10-12)25-17(18,19)20/h2-7,10,14H,8-9H2,1H3,(H,21,22). The Morgan fingerprint density at radius 1 is 1.24 bits per heavy atom. The number of alkyl halides is 3. The van der Waals surface area contributed by atoms with Gasteiger partial charge in [-0.25, -0.2) is 4.98 Å². The van der Waals surface area contributed by atoms with Gasteiger partial charge in [0.1, 0.15) is 17.6 Å². The van der Waals surface area contributed by atoms with Crippen LogP contribution in [0.1, 0.15) is 12.1 Å². The van der Waals surface area contributed by atoms with E-state index in [1.165, 1.54) is 23.1 Å². The zero-order valence-electron chi connectivity index (χ0n) is 13.4. The summed E-state index contributed by atoms with van der Waals surface area (Å²) in [5.74, 6) is 0.0244. The van der Waals surface area contributed by atoms with Crippen LogP contribution in [0.2, 0.25) is 0 Å². The molecular weight excluding hydrogens is 335 g/mol. The first-order valence-electron chi connectivity index (χ1n) is 7.69. The van der Waals surface area contributed by atoms with Gasteiger partial charge in [-0.3, -0.25) is 4.79 Å². The SMILES string of the molecule is Cc1cccc(NC2CCN(c3cccc(OC(F)(F)F)c3)C2=O)n1. The molecule has 1 amide bonds. The lowest BCUT2D eigenvalue weighted by Crippen LogP contribution is -2.33. The predicted octanol–water partition coefficient (Wildman–Crippen LogP) is 3.51. The van der Waals surface area contributed by atoms with Crippen molar-refractivity contribution in [1.82, 2.24) is 4.98 Å². The number of nitrogens with zero attached hydrogens (tertiary/aromatic N) is 2. The summed E-state index contributed by atoms with van der Waals surface area (Å²) in [4.78, 5) is 18.3. The normalized spacial score (nSPS) is 17.7. The number of aryl methyl sites for hydroxylation is 1. The molecule has 1 N–H and O–H groups in total. The summed E-state index contributed by atoms with van der Waals surface area (Å²) in [7, 11) is 0. The number of benzene rings is 1. The average Bonchev–Trinajstić information content (AvgIpc) is 2.87. The molecule has 5 nitrogen and oxygen atoms in total. The molecule has 1 atom stereocenters. The largest absolute Gasteiger partial charge is 0.573 e. The van der Waals surface area contributed by atoms with Crippen molar-refractivity contribution < 1.29 is 22.7 Å². The van der Waals surface area contributed by atoms with Gasteiger partial charge in [0.2, 0.25) is 5.91 Å². The van der Waals surface area contributed by atoms with Gasteiger partial charge in [0.15, 0.2) is 0 Å². The minimum Gasteiger partial charge on any atom is -0.406 e. The van der Waals surface area contributed by atoms with E-state index in [4.69, 9.17) is 0 Å². The fraction of sp³-hybridized carbons (Fsp3) is 0.294. The van der Waals surface area contributed by atoms with E-state index in [9.17, 15) is 18.0 Å². The van der Waals surface area contributed by atoms with Crippen molar-refractivity contribution in [2.24, 2.45) is 0 Å². The van der Waals surface area contributed by atoms with Crippen molar-refractivity contribution in [3.8, 4) is 5.75 Å². The number of rotatable bonds is 4. The molecule has 0 aliphatic carbocycles. The number of hydrogen-bond acceptors (Lipinski definition) is 4. The van der Waals surface area contributed by atoms with Crippen molar-refractivity contribution in [1.29, 1.82) is 0 Å². The van der Waals surface area contributed by atoms with Crippen LogP contribution < -0.4 is 15.0 Å². The maximum atomic E-state index is 12.6. The van der Waals surface area contributed by atoms with Gasteiger partial charge in [-0.15, -0.1) is 13.2 Å². The Morgan fingerprint density at radius 2 is 2.00 bits per heavy atom. The predicted molar refractivity (Wildman–Crippen MR) is 86.5 cm³/mol. The highest BCUT2D eigenvalue weighted by Gasteiger charge is 2.34. The molecule has 0 bridgehead atoms. The van der Waals surface area contributed by atoms with Gasteiger partial charge in [0, 0.05) is 24.0 Å². The smallest absolute Gasteiger partial charge is 0.406 e. The third-order valence-electron chi connectivity index (χ3n) is 3.78. The number of hydrogen-bond donors (Lipinski definition) is 1. The molecule has 0 spiro atoms. The summed E-state index contributed by atoms with van der Waals surface area (Å²) in [6, 6.07) is 10.4. The summed E-state index contributed by atoms with van der Waals surface area (Å²) in [6.45, 7) is 2.25. The molecule has 1 saturated heterocycles. The molecule has 2 aromatic rings. The van der Waals surface area contributed by atoms with Gasteiger partial charge in [-0.1, -0.05) is 12.1 Å². The third kappa shape index (κ3) is 4.20. The Labute approximate surface area is 142 Å². The second-order valence-corrected chi connectivity index (χ2v) is 5.68. The lowest BCUT2D eigenvalue weighted by molar-refractivity contribution is -0.274. The topological polar surface area (TPSA) is 54.5 Å². The molecule has 3 rings (SSSR count). The number of carbonyl (C=O) groups is 1. The highest BCUT2D eigenvalue weighted by atomic mass is 19.4. The highest BCUT2D eigenvalue weighted by Crippen LogP contribution is 2.29. The number of pyridine rings is 1. The first kappa shape index (κ1) is 17.1. The zero-order chi connectivity index (χ0) is 18.0. The van der Waals surface area contributed by atoms with E-state index in [0.717, 1.165) is 5.69 Å². The van der Waals surface area contributed by atoms with Crippen LogP contribution in [0.15, 0.2) is 42.5 Å². The van der Waals surface area contributed by atoms with Crippen LogP contribution >= 0.6 is 0 Å². The van der Waals surface area contributed by atoms with Crippen molar-refractivity contribution in [2.75, 3.05) is 16.8 Å². The molecule has 1 aromatic carbocycles. The van der Waals surface area contributed by atoms with Crippen LogP contribution in [0.3, 0.4) is 0 Å². The Hall–Kier alpha value is -2.77. The molecule has 2 heterocycles. The van der Waals surface area contributed by atoms with Gasteiger partial charge in [0.25, 0.3) is 0 Å². The molecule has 1 fully saturated rings. The Bertz CT molecular complexity index is 780. The maximum Gasteiger partial charge on any atom is 0.573 e. The third-order valence-corrected chi connectivity index (χ3v) is 3.78. The van der Waals surface area contributed by atoms with E-state index >= 15 is 0 Å². The lowest BCUT2D eigenvalue weighted by atomic mass is 10.2. The van der Waals surface area contributed by atoms with Crippen LogP contribution in [0, 0.1) is 6.92 Å². The quantitative estimate of drug-likeness (QED) is 0.916. The van der Waals surface area contributed by atoms with Gasteiger partial charge in [-0.05, 0) is 37.6 Å². The fourth-order valence-corrected chi connectivity index (χ4v) is 2.72. The molecule has 132 valence electrons. The Balaban J connectivity index is 1.72. The van der Waals surface area contributed by atoms with Crippen LogP contribution in [-0.2, 0) is 4.79 Å². The van der Waals surface area contributed by atoms with E-state index in [1.807, 2.05) is 19.1 Å². The first-order chi connectivity index (χ1) is 11.8. The summed E-state index contributed by atoms with van der Waals surface area (Å²) in [5, 5.41) is 3.07. The van der Waals surface area contributed by atoms with Gasteiger partial charge in [-0.2, -0.15) is 0 Å². The molecule has 8 heteroatoms. The van der Waals surface area contributed by atoms with Crippen molar-refractivity contribution in [3.05, 3.63) is 48.2 Å². The molecule has 25 heavy (non-hydrogen) atoms. The summed E-state index contributed by atoms with van der Waals surface area (Å²) >= 11 is 0. The number of ether oxygens (including phenoxy) is 1. The second kappa shape index (κ2) is 6.62. The van der Waals surface area contributed by atoms with Crippen LogP contribution in [0.25, 0.3) is 0 Å². The molecular formula is C17H16F3N3O2. The fourth-order valence-electron chi connectivity index (χ4n) is 2.72. The van der Waals surface area contributed by atoms with Gasteiger partial charge in [0.05, 0.1) is 0 Å². The molecule has 0 saturated carbocycles. The minimum absolute atomic E-state index is 0.215. The van der Waals surface area contributed by atoms with Gasteiger partial charge >= 0.3 is 6.36 Å². The van der Waals surface area contributed by atoms with Crippen molar-refractivity contribution in [3.63, 3.8) is 0 Å². The number of anilines is 2. The molecule has 1 unspecified atom stereocenters. The monoisotopic (exact) mass is 351 g/mol. The number of carbonyl (C=O) groups excluding carboxylic acids is 1. The summed E-state index contributed by atoms with van der Waals surface area (Å²) in [6.07, 6.45) is -4.24. The molecule has 1 aliphatic heterocycles. The van der Waals surface area contributed by atoms with Gasteiger partial charge < -0.3 is 15.0 Å². The summed E-state index contributed by atoms with van der Waals surface area (Å²) < 4.78 is 40.9. The maximum absolute atomic E-state index is 12.6. The molecule has 1 aliphatic rings. The first-order valence-corrected chi connectivity index (χ1v) is 7.69. The van der Waals surface area contributed by atoms with E-state index in [-0.39, 0.29) is 11.7 Å². The zero-order valence-corrected chi connectivity index (χ0v) is 13.4. The number of aromatic nitrogens is 1. The number of amides is 1. The molecule has 0 radical (unpaired) electrons. The van der Waals surface area contributed by atoms with Crippen molar-refractivity contribution >= 4 is 17.4 Å². The second-order valence-electron chi connectivity index (χ2n) is 5.68.